The first kappa shape index (κ1) is 18.7. The molecule has 28 heavy (non-hydrogen) atoms. The number of aryl methyl sites for hydroxylation is 1. The van der Waals surface area contributed by atoms with Crippen LogP contribution in [-0.2, 0) is 4.74 Å². The van der Waals surface area contributed by atoms with E-state index in [9.17, 15) is 18.0 Å². The van der Waals surface area contributed by atoms with E-state index < -0.39 is 18.5 Å². The van der Waals surface area contributed by atoms with Crippen LogP contribution in [0.3, 0.4) is 0 Å². The van der Waals surface area contributed by atoms with Crippen molar-refractivity contribution in [2.24, 2.45) is 0 Å². The van der Waals surface area contributed by atoms with Crippen molar-refractivity contribution in [3.05, 3.63) is 48.0 Å². The molecule has 3 heterocycles. The topological polar surface area (TPSA) is 54.5 Å². The van der Waals surface area contributed by atoms with Gasteiger partial charge in [-0.15, -0.1) is 0 Å². The molecule has 2 unspecified atom stereocenters. The first-order valence-corrected chi connectivity index (χ1v) is 9.15. The molecule has 2 amide bonds. The van der Waals surface area contributed by atoms with Crippen LogP contribution in [-0.4, -0.2) is 40.7 Å². The van der Waals surface area contributed by atoms with Gasteiger partial charge in [-0.25, -0.2) is 9.18 Å². The number of amides is 2. The number of pyridine rings is 1. The standard InChI is InChI=1S/C20H20F3N3O2/c1-11-2-3-14(5-18(11)12-4-13(21)10-24-9-12)25-20(27)26-15-6-16(26)8-17(7-15)28-19(22)23/h2-5,9-10,15-17,19H,6-8H2,1H3,(H,25,27). The molecule has 2 atom stereocenters. The quantitative estimate of drug-likeness (QED) is 0.831. The Morgan fingerprint density at radius 3 is 2.64 bits per heavy atom. The summed E-state index contributed by atoms with van der Waals surface area (Å²) in [6, 6.07) is 6.37. The fourth-order valence-corrected chi connectivity index (χ4v) is 4.17. The van der Waals surface area contributed by atoms with Crippen molar-refractivity contribution < 1.29 is 22.7 Å². The Bertz CT molecular complexity index is 881. The van der Waals surface area contributed by atoms with Crippen molar-refractivity contribution in [3.8, 4) is 11.1 Å². The zero-order valence-corrected chi connectivity index (χ0v) is 15.2. The van der Waals surface area contributed by atoms with Gasteiger partial charge in [0.15, 0.2) is 0 Å². The minimum Gasteiger partial charge on any atom is -0.319 e. The molecule has 0 spiro atoms. The lowest BCUT2D eigenvalue weighted by Crippen LogP contribution is -2.65. The first-order valence-electron chi connectivity index (χ1n) is 9.15. The Balaban J connectivity index is 1.45. The number of nitrogens with zero attached hydrogens (tertiary/aromatic N) is 2. The Hall–Kier alpha value is -2.61. The highest BCUT2D eigenvalue weighted by molar-refractivity contribution is 5.91. The number of piperidine rings is 1. The summed E-state index contributed by atoms with van der Waals surface area (Å²) in [6.45, 7) is -0.887. The number of halogens is 3. The Kier molecular flexibility index (Phi) is 4.97. The van der Waals surface area contributed by atoms with Crippen LogP contribution in [0.4, 0.5) is 23.7 Å². The van der Waals surface area contributed by atoms with E-state index in [1.807, 2.05) is 13.0 Å². The molecule has 8 heteroatoms. The van der Waals surface area contributed by atoms with Gasteiger partial charge in [0.25, 0.3) is 0 Å². The maximum Gasteiger partial charge on any atom is 0.345 e. The fourth-order valence-electron chi connectivity index (χ4n) is 4.17. The molecule has 0 radical (unpaired) electrons. The number of nitrogens with one attached hydrogen (secondary N) is 1. The van der Waals surface area contributed by atoms with Crippen LogP contribution in [0.5, 0.6) is 0 Å². The van der Waals surface area contributed by atoms with Gasteiger partial charge in [-0.3, -0.25) is 4.98 Å². The highest BCUT2D eigenvalue weighted by atomic mass is 19.3. The molecule has 2 aliphatic rings. The Labute approximate surface area is 160 Å². The van der Waals surface area contributed by atoms with E-state index in [0.717, 1.165) is 23.7 Å². The van der Waals surface area contributed by atoms with Gasteiger partial charge in [0.05, 0.1) is 12.3 Å². The SMILES string of the molecule is Cc1ccc(NC(=O)N2C3CC(OC(F)F)CC2C3)cc1-c1cncc(F)c1. The molecule has 2 aliphatic heterocycles. The molecule has 148 valence electrons. The molecule has 2 saturated heterocycles. The van der Waals surface area contributed by atoms with Gasteiger partial charge < -0.3 is 15.0 Å². The number of alkyl halides is 2. The van der Waals surface area contributed by atoms with E-state index in [-0.39, 0.29) is 18.1 Å². The molecular weight excluding hydrogens is 371 g/mol. The Morgan fingerprint density at radius 1 is 1.21 bits per heavy atom. The van der Waals surface area contributed by atoms with Crippen molar-refractivity contribution in [1.29, 1.82) is 0 Å². The van der Waals surface area contributed by atoms with Crippen molar-refractivity contribution >= 4 is 11.7 Å². The lowest BCUT2D eigenvalue weighted by Gasteiger charge is -2.54. The van der Waals surface area contributed by atoms with Gasteiger partial charge >= 0.3 is 12.6 Å². The van der Waals surface area contributed by atoms with Gasteiger partial charge in [0.1, 0.15) is 5.82 Å². The second-order valence-corrected chi connectivity index (χ2v) is 7.29. The largest absolute Gasteiger partial charge is 0.345 e. The van der Waals surface area contributed by atoms with Crippen LogP contribution in [0, 0.1) is 12.7 Å². The summed E-state index contributed by atoms with van der Waals surface area (Å²) in [4.78, 5) is 18.3. The summed E-state index contributed by atoms with van der Waals surface area (Å²) in [5, 5.41) is 2.86. The van der Waals surface area contributed by atoms with Gasteiger partial charge in [-0.05, 0) is 55.5 Å². The molecule has 5 nitrogen and oxygen atoms in total. The van der Waals surface area contributed by atoms with E-state index in [1.165, 1.54) is 6.07 Å². The first-order chi connectivity index (χ1) is 13.4. The number of carbonyl (C=O) groups excluding carboxylic acids is 1. The molecule has 2 fully saturated rings. The summed E-state index contributed by atoms with van der Waals surface area (Å²) < 4.78 is 42.9. The van der Waals surface area contributed by atoms with Gasteiger partial charge in [-0.2, -0.15) is 8.78 Å². The number of carbonyl (C=O) groups is 1. The maximum absolute atomic E-state index is 13.5. The number of urea groups is 1. The number of hydrogen-bond acceptors (Lipinski definition) is 3. The Morgan fingerprint density at radius 2 is 1.96 bits per heavy atom. The number of benzene rings is 1. The lowest BCUT2D eigenvalue weighted by molar-refractivity contribution is -0.193. The van der Waals surface area contributed by atoms with Gasteiger partial charge in [-0.1, -0.05) is 6.07 Å². The van der Waals surface area contributed by atoms with Crippen LogP contribution in [0.2, 0.25) is 0 Å². The predicted molar refractivity (Wildman–Crippen MR) is 97.5 cm³/mol. The van der Waals surface area contributed by atoms with E-state index in [2.05, 4.69) is 15.0 Å². The number of anilines is 1. The average Bonchev–Trinajstić information content (AvgIpc) is 2.62. The van der Waals surface area contributed by atoms with Crippen molar-refractivity contribution in [2.45, 2.75) is 51.0 Å². The summed E-state index contributed by atoms with van der Waals surface area (Å²) in [5.74, 6) is -0.430. The minimum atomic E-state index is -2.78. The highest BCUT2D eigenvalue weighted by Gasteiger charge is 2.48. The average molecular weight is 391 g/mol. The van der Waals surface area contributed by atoms with E-state index in [4.69, 9.17) is 0 Å². The van der Waals surface area contributed by atoms with Crippen LogP contribution in [0.25, 0.3) is 11.1 Å². The molecule has 0 aliphatic carbocycles. The summed E-state index contributed by atoms with van der Waals surface area (Å²) in [6.07, 6.45) is 3.85. The van der Waals surface area contributed by atoms with E-state index >= 15 is 0 Å². The number of fused-ring (bicyclic) bond motifs is 2. The van der Waals surface area contributed by atoms with Crippen LogP contribution in [0.15, 0.2) is 36.7 Å². The lowest BCUT2D eigenvalue weighted by atomic mass is 9.78. The normalized spacial score (nSPS) is 23.5. The third-order valence-electron chi connectivity index (χ3n) is 5.44. The number of aromatic nitrogens is 1. The van der Waals surface area contributed by atoms with Crippen molar-refractivity contribution in [3.63, 3.8) is 0 Å². The van der Waals surface area contributed by atoms with Crippen molar-refractivity contribution in [1.82, 2.24) is 9.88 Å². The molecular formula is C20H20F3N3O2. The number of rotatable bonds is 4. The smallest absolute Gasteiger partial charge is 0.319 e. The molecule has 1 N–H and O–H groups in total. The number of hydrogen-bond donors (Lipinski definition) is 1. The zero-order chi connectivity index (χ0) is 19.8. The van der Waals surface area contributed by atoms with Crippen LogP contribution in [0.1, 0.15) is 24.8 Å². The second kappa shape index (κ2) is 7.43. The number of ether oxygens (including phenoxy) is 1. The molecule has 0 saturated carbocycles. The fraction of sp³-hybridized carbons (Fsp3) is 0.400. The molecule has 2 bridgehead atoms. The van der Waals surface area contributed by atoms with Crippen molar-refractivity contribution in [2.75, 3.05) is 5.32 Å². The summed E-state index contributed by atoms with van der Waals surface area (Å²) in [5.41, 5.74) is 2.92. The third-order valence-corrected chi connectivity index (χ3v) is 5.44. The van der Waals surface area contributed by atoms with Crippen LogP contribution < -0.4 is 5.32 Å². The molecule has 1 aromatic carbocycles. The minimum absolute atomic E-state index is 0.0835. The molecule has 1 aromatic heterocycles. The second-order valence-electron chi connectivity index (χ2n) is 7.29. The summed E-state index contributed by atoms with van der Waals surface area (Å²) >= 11 is 0. The highest BCUT2D eigenvalue weighted by Crippen LogP contribution is 2.40. The molecule has 2 aromatic rings. The van der Waals surface area contributed by atoms with E-state index in [0.29, 0.717) is 24.1 Å². The predicted octanol–water partition coefficient (Wildman–Crippen LogP) is 4.57. The van der Waals surface area contributed by atoms with Gasteiger partial charge in [0, 0.05) is 29.5 Å². The monoisotopic (exact) mass is 391 g/mol. The molecule has 4 rings (SSSR count). The third kappa shape index (κ3) is 3.69. The van der Waals surface area contributed by atoms with E-state index in [1.54, 1.807) is 23.2 Å². The summed E-state index contributed by atoms with van der Waals surface area (Å²) in [7, 11) is 0. The van der Waals surface area contributed by atoms with Crippen LogP contribution >= 0.6 is 0 Å². The van der Waals surface area contributed by atoms with Gasteiger partial charge in [0.2, 0.25) is 0 Å². The zero-order valence-electron chi connectivity index (χ0n) is 15.2. The maximum atomic E-state index is 13.5.